The zero-order chi connectivity index (χ0) is 18.3. The molecule has 0 radical (unpaired) electrons. The first-order valence-electron chi connectivity index (χ1n) is 8.97. The Hall–Kier alpha value is -2.89. The highest BCUT2D eigenvalue weighted by molar-refractivity contribution is 5.95. The fourth-order valence-corrected chi connectivity index (χ4v) is 3.96. The van der Waals surface area contributed by atoms with E-state index < -0.39 is 0 Å². The number of aromatic amines is 2. The van der Waals surface area contributed by atoms with Crippen molar-refractivity contribution >= 4 is 16.9 Å². The van der Waals surface area contributed by atoms with Gasteiger partial charge in [-0.25, -0.2) is 4.98 Å². The quantitative estimate of drug-likeness (QED) is 0.745. The van der Waals surface area contributed by atoms with Gasteiger partial charge in [0.2, 0.25) is 0 Å². The van der Waals surface area contributed by atoms with Crippen molar-refractivity contribution in [1.29, 1.82) is 0 Å². The maximum absolute atomic E-state index is 13.0. The molecule has 26 heavy (non-hydrogen) atoms. The van der Waals surface area contributed by atoms with Crippen LogP contribution in [-0.4, -0.2) is 39.1 Å². The number of carbonyl (C=O) groups excluding carboxylic acids is 1. The van der Waals surface area contributed by atoms with Crippen LogP contribution < -0.4 is 5.56 Å². The summed E-state index contributed by atoms with van der Waals surface area (Å²) in [6.07, 6.45) is 2.07. The van der Waals surface area contributed by atoms with Gasteiger partial charge in [0.1, 0.15) is 5.69 Å². The van der Waals surface area contributed by atoms with Crippen LogP contribution in [0.3, 0.4) is 0 Å². The van der Waals surface area contributed by atoms with Crippen LogP contribution in [0.4, 0.5) is 0 Å². The van der Waals surface area contributed by atoms with Crippen LogP contribution in [-0.2, 0) is 0 Å². The van der Waals surface area contributed by atoms with Crippen molar-refractivity contribution < 1.29 is 4.79 Å². The van der Waals surface area contributed by atoms with Gasteiger partial charge in [-0.05, 0) is 49.4 Å². The molecule has 4 rings (SSSR count). The summed E-state index contributed by atoms with van der Waals surface area (Å²) in [6, 6.07) is 10.1. The maximum Gasteiger partial charge on any atom is 0.273 e. The molecule has 0 saturated carbocycles. The third-order valence-corrected chi connectivity index (χ3v) is 5.29. The zero-order valence-electron chi connectivity index (χ0n) is 15.0. The molecule has 6 heteroatoms. The van der Waals surface area contributed by atoms with E-state index in [1.165, 1.54) is 11.1 Å². The molecule has 3 heterocycles. The lowest BCUT2D eigenvalue weighted by molar-refractivity contribution is 0.0701. The second kappa shape index (κ2) is 6.44. The molecule has 0 unspecified atom stereocenters. The van der Waals surface area contributed by atoms with Crippen molar-refractivity contribution in [3.63, 3.8) is 0 Å². The van der Waals surface area contributed by atoms with Crippen LogP contribution in [0.15, 0.2) is 35.1 Å². The molecule has 6 nitrogen and oxygen atoms in total. The third-order valence-electron chi connectivity index (χ3n) is 5.29. The molecule has 134 valence electrons. The number of nitrogens with one attached hydrogen (secondary N) is 2. The molecule has 0 spiro atoms. The summed E-state index contributed by atoms with van der Waals surface area (Å²) in [6.45, 7) is 5.39. The molecule has 2 aromatic heterocycles. The fourth-order valence-electron chi connectivity index (χ4n) is 3.96. The van der Waals surface area contributed by atoms with Crippen LogP contribution in [0, 0.1) is 13.8 Å². The van der Waals surface area contributed by atoms with E-state index in [-0.39, 0.29) is 11.5 Å². The lowest BCUT2D eigenvalue weighted by Gasteiger charge is -2.33. The van der Waals surface area contributed by atoms with Crippen LogP contribution in [0.25, 0.3) is 11.0 Å². The highest BCUT2D eigenvalue weighted by Gasteiger charge is 2.27. The number of rotatable bonds is 2. The average Bonchev–Trinajstić information content (AvgIpc) is 3.03. The van der Waals surface area contributed by atoms with Crippen molar-refractivity contribution in [3.05, 3.63) is 63.1 Å². The van der Waals surface area contributed by atoms with Crippen LogP contribution >= 0.6 is 0 Å². The molecule has 1 amide bonds. The predicted molar refractivity (Wildman–Crippen MR) is 101 cm³/mol. The maximum atomic E-state index is 13.0. The zero-order valence-corrected chi connectivity index (χ0v) is 15.0. The molecule has 1 aromatic carbocycles. The van der Waals surface area contributed by atoms with E-state index >= 15 is 0 Å². The van der Waals surface area contributed by atoms with Crippen LogP contribution in [0.1, 0.15) is 45.9 Å². The second-order valence-electron chi connectivity index (χ2n) is 7.07. The largest absolute Gasteiger partial charge is 0.337 e. The minimum absolute atomic E-state index is 0.0738. The normalized spacial score (nSPS) is 17.6. The molecular formula is C20H22N4O2. The summed E-state index contributed by atoms with van der Waals surface area (Å²) in [5, 5.41) is 5.79. The van der Waals surface area contributed by atoms with E-state index in [0.717, 1.165) is 24.9 Å². The second-order valence-corrected chi connectivity index (χ2v) is 7.07. The number of hydrogen-bond donors (Lipinski definition) is 2. The highest BCUT2D eigenvalue weighted by atomic mass is 16.2. The Morgan fingerprint density at radius 1 is 1.19 bits per heavy atom. The smallest absolute Gasteiger partial charge is 0.273 e. The molecule has 3 aromatic rings. The molecule has 1 atom stereocenters. The molecule has 1 fully saturated rings. The van der Waals surface area contributed by atoms with Gasteiger partial charge in [-0.2, -0.15) is 0 Å². The number of pyridine rings is 1. The molecule has 1 aliphatic rings. The Morgan fingerprint density at radius 3 is 2.81 bits per heavy atom. The lowest BCUT2D eigenvalue weighted by atomic mass is 9.88. The van der Waals surface area contributed by atoms with Crippen molar-refractivity contribution in [2.24, 2.45) is 0 Å². The minimum atomic E-state index is -0.207. The standard InChI is InChI=1S/C20H22N4O2/c1-12-6-3-4-8-15(12)14-7-5-9-24(11-14)20(26)16-10-13(2)17-18(21-16)22-23-19(17)25/h3-4,6,8,10,14H,5,7,9,11H2,1-2H3,(H2,21,22,23,25)/t14-/m0/s1. The number of piperidine rings is 1. The first-order valence-corrected chi connectivity index (χ1v) is 8.97. The van der Waals surface area contributed by atoms with E-state index in [2.05, 4.69) is 40.3 Å². The first kappa shape index (κ1) is 16.6. The molecule has 0 aliphatic carbocycles. The van der Waals surface area contributed by atoms with Crippen LogP contribution in [0.5, 0.6) is 0 Å². The lowest BCUT2D eigenvalue weighted by Crippen LogP contribution is -2.39. The van der Waals surface area contributed by atoms with Crippen molar-refractivity contribution in [3.8, 4) is 0 Å². The van der Waals surface area contributed by atoms with Crippen molar-refractivity contribution in [2.75, 3.05) is 13.1 Å². The fraction of sp³-hybridized carbons (Fsp3) is 0.350. The van der Waals surface area contributed by atoms with Gasteiger partial charge >= 0.3 is 0 Å². The highest BCUT2D eigenvalue weighted by Crippen LogP contribution is 2.29. The van der Waals surface area contributed by atoms with Gasteiger partial charge < -0.3 is 4.90 Å². The molecular weight excluding hydrogens is 328 g/mol. The summed E-state index contributed by atoms with van der Waals surface area (Å²) >= 11 is 0. The van der Waals surface area contributed by atoms with E-state index in [9.17, 15) is 9.59 Å². The van der Waals surface area contributed by atoms with E-state index in [1.807, 2.05) is 17.9 Å². The number of fused-ring (bicyclic) bond motifs is 1. The van der Waals surface area contributed by atoms with Crippen molar-refractivity contribution in [2.45, 2.75) is 32.6 Å². The number of nitrogens with zero attached hydrogens (tertiary/aromatic N) is 2. The van der Waals surface area contributed by atoms with Gasteiger partial charge in [-0.15, -0.1) is 0 Å². The summed E-state index contributed by atoms with van der Waals surface area (Å²) in [5.74, 6) is 0.279. The number of likely N-dealkylation sites (tertiary alicyclic amines) is 1. The Kier molecular flexibility index (Phi) is 4.11. The SMILES string of the molecule is Cc1ccccc1[C@H]1CCCN(C(=O)c2cc(C)c3c(=O)[nH][nH]c3n2)C1. The number of amides is 1. The van der Waals surface area contributed by atoms with Crippen LogP contribution in [0.2, 0.25) is 0 Å². The summed E-state index contributed by atoms with van der Waals surface area (Å²) in [4.78, 5) is 31.1. The van der Waals surface area contributed by atoms with E-state index in [4.69, 9.17) is 0 Å². The van der Waals surface area contributed by atoms with Gasteiger partial charge in [0.25, 0.3) is 11.5 Å². The third kappa shape index (κ3) is 2.81. The van der Waals surface area contributed by atoms with Gasteiger partial charge in [0.15, 0.2) is 5.65 Å². The molecule has 0 bridgehead atoms. The summed E-state index contributed by atoms with van der Waals surface area (Å²) in [7, 11) is 0. The number of H-pyrrole nitrogens is 2. The Balaban J connectivity index is 1.62. The topological polar surface area (TPSA) is 81.9 Å². The van der Waals surface area contributed by atoms with E-state index in [0.29, 0.717) is 29.2 Å². The van der Waals surface area contributed by atoms with Gasteiger partial charge in [-0.1, -0.05) is 24.3 Å². The number of benzene rings is 1. The molecule has 2 N–H and O–H groups in total. The van der Waals surface area contributed by atoms with Gasteiger partial charge in [-0.3, -0.25) is 19.8 Å². The number of hydrogen-bond acceptors (Lipinski definition) is 3. The summed E-state index contributed by atoms with van der Waals surface area (Å²) < 4.78 is 0. The Morgan fingerprint density at radius 2 is 2.00 bits per heavy atom. The van der Waals surface area contributed by atoms with Crippen molar-refractivity contribution in [1.82, 2.24) is 20.1 Å². The summed E-state index contributed by atoms with van der Waals surface area (Å²) in [5.41, 5.74) is 3.96. The molecule has 1 saturated heterocycles. The van der Waals surface area contributed by atoms with E-state index in [1.54, 1.807) is 6.07 Å². The number of carbonyl (C=O) groups is 1. The number of aromatic nitrogens is 3. The van der Waals surface area contributed by atoms with Gasteiger partial charge in [0, 0.05) is 19.0 Å². The Labute approximate surface area is 151 Å². The average molecular weight is 350 g/mol. The Bertz CT molecular complexity index is 1030. The predicted octanol–water partition coefficient (Wildman–Crippen LogP) is 2.89. The van der Waals surface area contributed by atoms with Gasteiger partial charge in [0.05, 0.1) is 5.39 Å². The first-order chi connectivity index (χ1) is 12.5. The number of aryl methyl sites for hydroxylation is 2. The minimum Gasteiger partial charge on any atom is -0.337 e. The monoisotopic (exact) mass is 350 g/mol. The molecule has 1 aliphatic heterocycles.